The van der Waals surface area contributed by atoms with Gasteiger partial charge >= 0.3 is 0 Å². The third-order valence-electron chi connectivity index (χ3n) is 3.93. The molecule has 0 bridgehead atoms. The molecular formula is C19H23ClN2O3. The van der Waals surface area contributed by atoms with E-state index in [2.05, 4.69) is 10.6 Å². The SMILES string of the molecule is COc1ccc(OC)c(NC(=O)C(C)NC(C)c2ccccc2Cl)c1. The lowest BCUT2D eigenvalue weighted by atomic mass is 10.1. The normalized spacial score (nSPS) is 13.0. The molecule has 2 aromatic rings. The van der Waals surface area contributed by atoms with Crippen molar-refractivity contribution in [2.45, 2.75) is 25.9 Å². The zero-order chi connectivity index (χ0) is 18.4. The predicted octanol–water partition coefficient (Wildman–Crippen LogP) is 4.04. The van der Waals surface area contributed by atoms with Crippen molar-refractivity contribution in [1.82, 2.24) is 5.32 Å². The number of anilines is 1. The Labute approximate surface area is 153 Å². The second kappa shape index (κ2) is 8.74. The Morgan fingerprint density at radius 3 is 2.44 bits per heavy atom. The quantitative estimate of drug-likeness (QED) is 0.780. The molecule has 0 aliphatic rings. The van der Waals surface area contributed by atoms with E-state index < -0.39 is 6.04 Å². The molecule has 25 heavy (non-hydrogen) atoms. The van der Waals surface area contributed by atoms with Crippen molar-refractivity contribution < 1.29 is 14.3 Å². The summed E-state index contributed by atoms with van der Waals surface area (Å²) in [6.07, 6.45) is 0. The average molecular weight is 363 g/mol. The van der Waals surface area contributed by atoms with E-state index in [1.807, 2.05) is 31.2 Å². The second-order valence-corrected chi connectivity index (χ2v) is 6.09. The van der Waals surface area contributed by atoms with Crippen LogP contribution in [0.25, 0.3) is 0 Å². The van der Waals surface area contributed by atoms with E-state index >= 15 is 0 Å². The third-order valence-corrected chi connectivity index (χ3v) is 4.27. The van der Waals surface area contributed by atoms with Crippen LogP contribution >= 0.6 is 11.6 Å². The van der Waals surface area contributed by atoms with E-state index in [1.54, 1.807) is 39.3 Å². The minimum atomic E-state index is -0.429. The number of halogens is 1. The molecule has 1 amide bonds. The van der Waals surface area contributed by atoms with Crippen LogP contribution in [0.1, 0.15) is 25.5 Å². The average Bonchev–Trinajstić information content (AvgIpc) is 2.61. The van der Waals surface area contributed by atoms with Crippen LogP contribution in [-0.2, 0) is 4.79 Å². The number of hydrogen-bond donors (Lipinski definition) is 2. The Bertz CT molecular complexity index is 736. The van der Waals surface area contributed by atoms with E-state index in [4.69, 9.17) is 21.1 Å². The van der Waals surface area contributed by atoms with Gasteiger partial charge < -0.3 is 14.8 Å². The summed E-state index contributed by atoms with van der Waals surface area (Å²) in [5.41, 5.74) is 1.51. The molecule has 2 aromatic carbocycles. The number of carbonyl (C=O) groups is 1. The Morgan fingerprint density at radius 2 is 1.80 bits per heavy atom. The number of nitrogens with one attached hydrogen (secondary N) is 2. The number of ether oxygens (including phenoxy) is 2. The fraction of sp³-hybridized carbons (Fsp3) is 0.316. The van der Waals surface area contributed by atoms with E-state index in [9.17, 15) is 4.79 Å². The topological polar surface area (TPSA) is 59.6 Å². The van der Waals surface area contributed by atoms with E-state index in [-0.39, 0.29) is 11.9 Å². The van der Waals surface area contributed by atoms with Gasteiger partial charge in [0.15, 0.2) is 0 Å². The lowest BCUT2D eigenvalue weighted by Crippen LogP contribution is -2.39. The highest BCUT2D eigenvalue weighted by atomic mass is 35.5. The lowest BCUT2D eigenvalue weighted by Gasteiger charge is -2.21. The molecule has 2 rings (SSSR count). The molecular weight excluding hydrogens is 340 g/mol. The van der Waals surface area contributed by atoms with Crippen LogP contribution in [0.3, 0.4) is 0 Å². The zero-order valence-corrected chi connectivity index (χ0v) is 15.6. The second-order valence-electron chi connectivity index (χ2n) is 5.69. The van der Waals surface area contributed by atoms with Crippen molar-refractivity contribution in [3.05, 3.63) is 53.1 Å². The first-order chi connectivity index (χ1) is 12.0. The van der Waals surface area contributed by atoms with E-state index in [1.165, 1.54) is 0 Å². The minimum Gasteiger partial charge on any atom is -0.497 e. The maximum absolute atomic E-state index is 12.5. The van der Waals surface area contributed by atoms with Crippen LogP contribution in [0.4, 0.5) is 5.69 Å². The third kappa shape index (κ3) is 4.87. The lowest BCUT2D eigenvalue weighted by molar-refractivity contribution is -0.117. The molecule has 0 heterocycles. The first-order valence-corrected chi connectivity index (χ1v) is 8.37. The monoisotopic (exact) mass is 362 g/mol. The molecule has 0 fully saturated rings. The fourth-order valence-electron chi connectivity index (χ4n) is 2.52. The maximum Gasteiger partial charge on any atom is 0.241 e. The van der Waals surface area contributed by atoms with E-state index in [0.29, 0.717) is 22.2 Å². The van der Waals surface area contributed by atoms with Crippen LogP contribution in [0.2, 0.25) is 5.02 Å². The number of amides is 1. The summed E-state index contributed by atoms with van der Waals surface area (Å²) in [6, 6.07) is 12.3. The summed E-state index contributed by atoms with van der Waals surface area (Å²) in [7, 11) is 3.13. The van der Waals surface area contributed by atoms with Gasteiger partial charge in [0, 0.05) is 17.1 Å². The standard InChI is InChI=1S/C19H23ClN2O3/c1-12(15-7-5-6-8-16(15)20)21-13(2)19(23)22-17-11-14(24-3)9-10-18(17)25-4/h5-13,21H,1-4H3,(H,22,23). The first kappa shape index (κ1) is 19.1. The van der Waals surface area contributed by atoms with Gasteiger partial charge in [0.1, 0.15) is 11.5 Å². The summed E-state index contributed by atoms with van der Waals surface area (Å²) >= 11 is 6.21. The van der Waals surface area contributed by atoms with Crippen molar-refractivity contribution in [2.75, 3.05) is 19.5 Å². The number of carbonyl (C=O) groups excluding carboxylic acids is 1. The van der Waals surface area contributed by atoms with Crippen LogP contribution < -0.4 is 20.1 Å². The van der Waals surface area contributed by atoms with Gasteiger partial charge in [0.2, 0.25) is 5.91 Å². The van der Waals surface area contributed by atoms with Crippen molar-refractivity contribution >= 4 is 23.2 Å². The van der Waals surface area contributed by atoms with Gasteiger partial charge in [0.25, 0.3) is 0 Å². The molecule has 2 atom stereocenters. The zero-order valence-electron chi connectivity index (χ0n) is 14.8. The molecule has 134 valence electrons. The summed E-state index contributed by atoms with van der Waals surface area (Å²) in [6.45, 7) is 3.77. The highest BCUT2D eigenvalue weighted by Crippen LogP contribution is 2.29. The fourth-order valence-corrected chi connectivity index (χ4v) is 2.82. The van der Waals surface area contributed by atoms with E-state index in [0.717, 1.165) is 5.56 Å². The minimum absolute atomic E-state index is 0.0679. The van der Waals surface area contributed by atoms with Crippen molar-refractivity contribution in [1.29, 1.82) is 0 Å². The Morgan fingerprint density at radius 1 is 1.08 bits per heavy atom. The molecule has 0 saturated carbocycles. The van der Waals surface area contributed by atoms with Gasteiger partial charge in [-0.05, 0) is 37.6 Å². The van der Waals surface area contributed by atoms with Gasteiger partial charge in [-0.25, -0.2) is 0 Å². The maximum atomic E-state index is 12.5. The smallest absolute Gasteiger partial charge is 0.241 e. The summed E-state index contributed by atoms with van der Waals surface area (Å²) in [4.78, 5) is 12.5. The molecule has 5 nitrogen and oxygen atoms in total. The Hall–Kier alpha value is -2.24. The molecule has 2 N–H and O–H groups in total. The number of hydrogen-bond acceptors (Lipinski definition) is 4. The van der Waals surface area contributed by atoms with Crippen LogP contribution in [-0.4, -0.2) is 26.2 Å². The molecule has 0 aliphatic heterocycles. The Kier molecular flexibility index (Phi) is 6.67. The van der Waals surface area contributed by atoms with Gasteiger partial charge in [-0.15, -0.1) is 0 Å². The van der Waals surface area contributed by atoms with Gasteiger partial charge in [0.05, 0.1) is 25.9 Å². The van der Waals surface area contributed by atoms with Crippen molar-refractivity contribution in [3.8, 4) is 11.5 Å². The van der Waals surface area contributed by atoms with Crippen molar-refractivity contribution in [2.24, 2.45) is 0 Å². The number of methoxy groups -OCH3 is 2. The highest BCUT2D eigenvalue weighted by molar-refractivity contribution is 6.31. The molecule has 6 heteroatoms. The predicted molar refractivity (Wildman–Crippen MR) is 101 cm³/mol. The number of rotatable bonds is 7. The van der Waals surface area contributed by atoms with Crippen LogP contribution in [0.15, 0.2) is 42.5 Å². The summed E-state index contributed by atoms with van der Waals surface area (Å²) < 4.78 is 10.5. The van der Waals surface area contributed by atoms with Gasteiger partial charge in [-0.2, -0.15) is 0 Å². The molecule has 0 aliphatic carbocycles. The molecule has 0 radical (unpaired) electrons. The van der Waals surface area contributed by atoms with Gasteiger partial charge in [-0.1, -0.05) is 29.8 Å². The van der Waals surface area contributed by atoms with Crippen LogP contribution in [0.5, 0.6) is 11.5 Å². The number of benzene rings is 2. The first-order valence-electron chi connectivity index (χ1n) is 7.99. The highest BCUT2D eigenvalue weighted by Gasteiger charge is 2.19. The van der Waals surface area contributed by atoms with Crippen LogP contribution in [0, 0.1) is 0 Å². The molecule has 0 aromatic heterocycles. The summed E-state index contributed by atoms with van der Waals surface area (Å²) in [5, 5.41) is 6.79. The van der Waals surface area contributed by atoms with Crippen molar-refractivity contribution in [3.63, 3.8) is 0 Å². The van der Waals surface area contributed by atoms with Gasteiger partial charge in [-0.3, -0.25) is 10.1 Å². The molecule has 0 spiro atoms. The largest absolute Gasteiger partial charge is 0.497 e. The Balaban J connectivity index is 2.07. The molecule has 0 saturated heterocycles. The summed E-state index contributed by atoms with van der Waals surface area (Å²) in [5.74, 6) is 1.03. The molecule has 2 unspecified atom stereocenters.